The third-order valence-corrected chi connectivity index (χ3v) is 7.71. The first-order valence-electron chi connectivity index (χ1n) is 11.1. The highest BCUT2D eigenvalue weighted by molar-refractivity contribution is 14.1. The minimum atomic E-state index is 0.0806. The van der Waals surface area contributed by atoms with E-state index >= 15 is 0 Å². The molecule has 33 heavy (non-hydrogen) atoms. The number of rotatable bonds is 14. The Morgan fingerprint density at radius 2 is 1.39 bits per heavy atom. The van der Waals surface area contributed by atoms with Gasteiger partial charge in [0.05, 0.1) is 19.4 Å². The molecule has 2 N–H and O–H groups in total. The second-order valence-corrected chi connectivity index (χ2v) is 9.61. The molecular formula is C25H33I2N3O3. The Hall–Kier alpha value is -1.56. The summed E-state index contributed by atoms with van der Waals surface area (Å²) in [5.74, 6) is 6.86. The SMILES string of the molecule is CC(CI)N(C(=O)c1ccc(OCCCCCOc2ccc(C=NN)cc2)cc1)C(C)CI. The molecule has 0 radical (unpaired) electrons. The molecule has 8 heteroatoms. The summed E-state index contributed by atoms with van der Waals surface area (Å²) in [5.41, 5.74) is 1.65. The van der Waals surface area contributed by atoms with E-state index in [0.717, 1.165) is 45.2 Å². The third kappa shape index (κ3) is 9.30. The van der Waals surface area contributed by atoms with Crippen LogP contribution in [0.2, 0.25) is 0 Å². The maximum Gasteiger partial charge on any atom is 0.254 e. The fraction of sp³-hybridized carbons (Fsp3) is 0.440. The van der Waals surface area contributed by atoms with Crippen LogP contribution in [-0.4, -0.2) is 51.2 Å². The molecule has 0 heterocycles. The van der Waals surface area contributed by atoms with E-state index in [1.807, 2.05) is 53.4 Å². The molecule has 0 bridgehead atoms. The first kappa shape index (κ1) is 27.7. The van der Waals surface area contributed by atoms with Gasteiger partial charge in [-0.25, -0.2) is 0 Å². The number of amides is 1. The van der Waals surface area contributed by atoms with Gasteiger partial charge >= 0.3 is 0 Å². The molecule has 2 aromatic carbocycles. The molecule has 0 aliphatic carbocycles. The first-order chi connectivity index (χ1) is 16.0. The van der Waals surface area contributed by atoms with Gasteiger partial charge in [-0.15, -0.1) is 0 Å². The van der Waals surface area contributed by atoms with Crippen molar-refractivity contribution >= 4 is 57.3 Å². The van der Waals surface area contributed by atoms with Gasteiger partial charge in [-0.3, -0.25) is 4.79 Å². The van der Waals surface area contributed by atoms with Gasteiger partial charge in [0.1, 0.15) is 11.5 Å². The van der Waals surface area contributed by atoms with E-state index in [9.17, 15) is 4.79 Å². The maximum absolute atomic E-state index is 13.0. The topological polar surface area (TPSA) is 77.2 Å². The summed E-state index contributed by atoms with van der Waals surface area (Å²) in [5, 5.41) is 3.50. The number of halogens is 2. The van der Waals surface area contributed by atoms with Crippen LogP contribution in [0.4, 0.5) is 0 Å². The van der Waals surface area contributed by atoms with Gasteiger partial charge in [-0.1, -0.05) is 45.2 Å². The first-order valence-corrected chi connectivity index (χ1v) is 14.2. The lowest BCUT2D eigenvalue weighted by molar-refractivity contribution is 0.0656. The lowest BCUT2D eigenvalue weighted by atomic mass is 10.1. The van der Waals surface area contributed by atoms with Crippen molar-refractivity contribution in [1.82, 2.24) is 4.90 Å². The number of carbonyl (C=O) groups is 1. The van der Waals surface area contributed by atoms with Gasteiger partial charge in [0.25, 0.3) is 5.91 Å². The number of carbonyl (C=O) groups excluding carboxylic acids is 1. The monoisotopic (exact) mass is 677 g/mol. The largest absolute Gasteiger partial charge is 0.494 e. The molecule has 2 atom stereocenters. The smallest absolute Gasteiger partial charge is 0.254 e. The number of unbranched alkanes of at least 4 members (excludes halogenated alkanes) is 2. The van der Waals surface area contributed by atoms with Crippen LogP contribution >= 0.6 is 45.2 Å². The average molecular weight is 677 g/mol. The molecule has 6 nitrogen and oxygen atoms in total. The highest BCUT2D eigenvalue weighted by atomic mass is 127. The Balaban J connectivity index is 1.70. The second kappa shape index (κ2) is 15.4. The van der Waals surface area contributed by atoms with Crippen molar-refractivity contribution in [3.63, 3.8) is 0 Å². The average Bonchev–Trinajstić information content (AvgIpc) is 2.84. The second-order valence-electron chi connectivity index (χ2n) is 7.85. The van der Waals surface area contributed by atoms with E-state index in [0.29, 0.717) is 18.8 Å². The minimum absolute atomic E-state index is 0.0806. The van der Waals surface area contributed by atoms with E-state index in [4.69, 9.17) is 15.3 Å². The van der Waals surface area contributed by atoms with Crippen molar-refractivity contribution in [2.45, 2.75) is 45.2 Å². The number of hydrogen-bond acceptors (Lipinski definition) is 5. The van der Waals surface area contributed by atoms with Crippen molar-refractivity contribution in [2.24, 2.45) is 10.9 Å². The molecule has 180 valence electrons. The predicted molar refractivity (Wildman–Crippen MR) is 152 cm³/mol. The van der Waals surface area contributed by atoms with E-state index < -0.39 is 0 Å². The van der Waals surface area contributed by atoms with Crippen molar-refractivity contribution in [1.29, 1.82) is 0 Å². The van der Waals surface area contributed by atoms with E-state index in [2.05, 4.69) is 64.1 Å². The van der Waals surface area contributed by atoms with E-state index in [1.54, 1.807) is 6.21 Å². The molecule has 0 saturated heterocycles. The molecule has 2 aromatic rings. The normalized spacial score (nSPS) is 13.0. The quantitative estimate of drug-likeness (QED) is 0.0696. The van der Waals surface area contributed by atoms with Crippen LogP contribution in [0, 0.1) is 0 Å². The molecule has 1 amide bonds. The fourth-order valence-corrected chi connectivity index (χ4v) is 4.17. The zero-order chi connectivity index (χ0) is 24.1. The molecule has 2 rings (SSSR count). The number of ether oxygens (including phenoxy) is 2. The number of benzene rings is 2. The fourth-order valence-electron chi connectivity index (χ4n) is 3.32. The lowest BCUT2D eigenvalue weighted by Crippen LogP contribution is -2.46. The van der Waals surface area contributed by atoms with Gasteiger partial charge < -0.3 is 20.2 Å². The summed E-state index contributed by atoms with van der Waals surface area (Å²) >= 11 is 4.68. The zero-order valence-electron chi connectivity index (χ0n) is 19.3. The Bertz CT molecular complexity index is 850. The maximum atomic E-state index is 13.0. The van der Waals surface area contributed by atoms with Gasteiger partial charge in [-0.2, -0.15) is 5.10 Å². The Kier molecular flexibility index (Phi) is 12.9. The number of nitrogens with two attached hydrogens (primary N) is 1. The Morgan fingerprint density at radius 1 is 0.909 bits per heavy atom. The van der Waals surface area contributed by atoms with Gasteiger partial charge in [0.2, 0.25) is 0 Å². The molecule has 0 saturated carbocycles. The van der Waals surface area contributed by atoms with E-state index in [1.165, 1.54) is 0 Å². The van der Waals surface area contributed by atoms with Crippen molar-refractivity contribution in [2.75, 3.05) is 22.1 Å². The number of hydrogen-bond donors (Lipinski definition) is 1. The van der Waals surface area contributed by atoms with Crippen molar-refractivity contribution in [3.8, 4) is 11.5 Å². The van der Waals surface area contributed by atoms with Gasteiger partial charge in [0, 0.05) is 26.5 Å². The minimum Gasteiger partial charge on any atom is -0.494 e. The number of nitrogens with zero attached hydrogens (tertiary/aromatic N) is 2. The number of alkyl halides is 2. The summed E-state index contributed by atoms with van der Waals surface area (Å²) in [6.07, 6.45) is 4.53. The van der Waals surface area contributed by atoms with Crippen LogP contribution in [0.15, 0.2) is 53.6 Å². The summed E-state index contributed by atoms with van der Waals surface area (Å²) in [6, 6.07) is 15.6. The Morgan fingerprint density at radius 3 is 1.85 bits per heavy atom. The van der Waals surface area contributed by atoms with Gasteiger partial charge in [0.15, 0.2) is 0 Å². The standard InChI is InChI=1S/C25H33I2N3O3/c1-19(16-26)30(20(2)17-27)25(31)22-8-12-24(13-9-22)33-15-5-3-4-14-32-23-10-6-21(7-11-23)18-29-28/h6-13,18-20H,3-5,14-17,28H2,1-2H3. The van der Waals surface area contributed by atoms with Crippen LogP contribution in [0.5, 0.6) is 11.5 Å². The van der Waals surface area contributed by atoms with Crippen molar-refractivity contribution in [3.05, 3.63) is 59.7 Å². The molecule has 0 aromatic heterocycles. The highest BCUT2D eigenvalue weighted by Crippen LogP contribution is 2.19. The number of hydrazone groups is 1. The molecule has 0 fully saturated rings. The lowest BCUT2D eigenvalue weighted by Gasteiger charge is -2.33. The van der Waals surface area contributed by atoms with Crippen LogP contribution in [0.25, 0.3) is 0 Å². The molecule has 0 aliphatic heterocycles. The summed E-state index contributed by atoms with van der Waals surface area (Å²) in [6.45, 7) is 5.52. The third-order valence-electron chi connectivity index (χ3n) is 5.16. The summed E-state index contributed by atoms with van der Waals surface area (Å²) in [4.78, 5) is 15.0. The van der Waals surface area contributed by atoms with Crippen molar-refractivity contribution < 1.29 is 14.3 Å². The summed E-state index contributed by atoms with van der Waals surface area (Å²) in [7, 11) is 0. The van der Waals surface area contributed by atoms with Crippen LogP contribution < -0.4 is 15.3 Å². The predicted octanol–water partition coefficient (Wildman–Crippen LogP) is 5.70. The highest BCUT2D eigenvalue weighted by Gasteiger charge is 2.25. The van der Waals surface area contributed by atoms with Crippen LogP contribution in [0.3, 0.4) is 0 Å². The van der Waals surface area contributed by atoms with E-state index in [-0.39, 0.29) is 18.0 Å². The zero-order valence-corrected chi connectivity index (χ0v) is 23.6. The van der Waals surface area contributed by atoms with Crippen LogP contribution in [-0.2, 0) is 0 Å². The van der Waals surface area contributed by atoms with Crippen LogP contribution in [0.1, 0.15) is 49.0 Å². The molecular weight excluding hydrogens is 644 g/mol. The molecule has 0 spiro atoms. The Labute approximate surface area is 224 Å². The molecule has 2 unspecified atom stereocenters. The van der Waals surface area contributed by atoms with Gasteiger partial charge in [-0.05, 0) is 87.2 Å². The molecule has 0 aliphatic rings. The summed E-state index contributed by atoms with van der Waals surface area (Å²) < 4.78 is 13.4.